The summed E-state index contributed by atoms with van der Waals surface area (Å²) in [6.07, 6.45) is -0.809. The second-order valence-corrected chi connectivity index (χ2v) is 5.85. The van der Waals surface area contributed by atoms with Gasteiger partial charge in [0.25, 0.3) is 5.91 Å². The van der Waals surface area contributed by atoms with E-state index in [-0.39, 0.29) is 13.2 Å². The Morgan fingerprint density at radius 1 is 1.29 bits per heavy atom. The highest BCUT2D eigenvalue weighted by Gasteiger charge is 2.67. The number of β-lactam (4-membered cyclic amide) rings is 1. The number of rotatable bonds is 3. The first kappa shape index (κ1) is 14.4. The van der Waals surface area contributed by atoms with E-state index in [1.165, 1.54) is 4.90 Å². The van der Waals surface area contributed by atoms with Crippen molar-refractivity contribution in [1.82, 2.24) is 4.90 Å². The molecule has 0 radical (unpaired) electrons. The van der Waals surface area contributed by atoms with Crippen molar-refractivity contribution in [3.05, 3.63) is 35.9 Å². The molecule has 0 saturated carbocycles. The molecular weight excluding hydrogens is 280 g/mol. The molecule has 4 nitrogen and oxygen atoms in total. The van der Waals surface area contributed by atoms with E-state index >= 15 is 0 Å². The molecule has 6 heteroatoms. The Bertz CT molecular complexity index is 547. The fraction of sp³-hybridized carbons (Fsp3) is 0.533. The van der Waals surface area contributed by atoms with E-state index < -0.39 is 29.8 Å². The van der Waals surface area contributed by atoms with Crippen LogP contribution in [0.1, 0.15) is 19.4 Å². The molecule has 1 aromatic rings. The SMILES string of the molecule is CC1(C)OC[C@H]([C@@H]2N(Cc3ccccc3)C(=O)C2(F)F)O1. The van der Waals surface area contributed by atoms with E-state index in [1.54, 1.807) is 26.0 Å². The maximum Gasteiger partial charge on any atom is 0.347 e. The number of halogens is 2. The molecular formula is C15H17F2NO3. The summed E-state index contributed by atoms with van der Waals surface area (Å²) in [6, 6.07) is 7.79. The lowest BCUT2D eigenvalue weighted by Crippen LogP contribution is -2.73. The second-order valence-electron chi connectivity index (χ2n) is 5.85. The molecule has 0 spiro atoms. The highest BCUT2D eigenvalue weighted by Crippen LogP contribution is 2.43. The van der Waals surface area contributed by atoms with Gasteiger partial charge in [0.15, 0.2) is 5.79 Å². The maximum atomic E-state index is 13.9. The van der Waals surface area contributed by atoms with E-state index in [4.69, 9.17) is 9.47 Å². The van der Waals surface area contributed by atoms with E-state index in [2.05, 4.69) is 0 Å². The van der Waals surface area contributed by atoms with Gasteiger partial charge in [-0.25, -0.2) is 0 Å². The minimum atomic E-state index is -3.39. The average Bonchev–Trinajstić information content (AvgIpc) is 2.78. The van der Waals surface area contributed by atoms with Crippen molar-refractivity contribution in [2.75, 3.05) is 6.61 Å². The van der Waals surface area contributed by atoms with Crippen molar-refractivity contribution in [2.24, 2.45) is 0 Å². The van der Waals surface area contributed by atoms with Crippen molar-refractivity contribution in [3.63, 3.8) is 0 Å². The summed E-state index contributed by atoms with van der Waals surface area (Å²) in [6.45, 7) is 3.56. The zero-order valence-corrected chi connectivity index (χ0v) is 11.9. The third-order valence-electron chi connectivity index (χ3n) is 3.83. The smallest absolute Gasteiger partial charge is 0.347 e. The van der Waals surface area contributed by atoms with Crippen LogP contribution in [0.4, 0.5) is 8.78 Å². The van der Waals surface area contributed by atoms with E-state index in [0.29, 0.717) is 0 Å². The Kier molecular flexibility index (Phi) is 3.26. The summed E-state index contributed by atoms with van der Waals surface area (Å²) in [5.74, 6) is -5.43. The first-order valence-electron chi connectivity index (χ1n) is 6.86. The molecule has 3 rings (SSSR count). The van der Waals surface area contributed by atoms with Crippen LogP contribution in [0, 0.1) is 0 Å². The van der Waals surface area contributed by atoms with Gasteiger partial charge in [0, 0.05) is 6.54 Å². The molecule has 1 aromatic carbocycles. The van der Waals surface area contributed by atoms with Crippen LogP contribution in [0.15, 0.2) is 30.3 Å². The molecule has 114 valence electrons. The van der Waals surface area contributed by atoms with Gasteiger partial charge in [-0.3, -0.25) is 4.79 Å². The van der Waals surface area contributed by atoms with Crippen LogP contribution in [-0.2, 0) is 20.8 Å². The lowest BCUT2D eigenvalue weighted by Gasteiger charge is -2.48. The second kappa shape index (κ2) is 4.74. The Morgan fingerprint density at radius 3 is 2.52 bits per heavy atom. The number of benzene rings is 1. The molecule has 0 unspecified atom stereocenters. The lowest BCUT2D eigenvalue weighted by atomic mass is 9.91. The largest absolute Gasteiger partial charge is 0.348 e. The summed E-state index contributed by atoms with van der Waals surface area (Å²) in [5.41, 5.74) is 0.810. The Balaban J connectivity index is 1.78. The summed E-state index contributed by atoms with van der Waals surface area (Å²) in [5, 5.41) is 0. The van der Waals surface area contributed by atoms with Gasteiger partial charge in [-0.05, 0) is 19.4 Å². The van der Waals surface area contributed by atoms with Gasteiger partial charge in [-0.1, -0.05) is 30.3 Å². The molecule has 0 aromatic heterocycles. The van der Waals surface area contributed by atoms with Gasteiger partial charge in [0.2, 0.25) is 0 Å². The number of carbonyl (C=O) groups excluding carboxylic acids is 1. The third kappa shape index (κ3) is 2.42. The standard InChI is InChI=1S/C15H17F2NO3/c1-14(2)20-9-11(21-14)12-15(16,17)13(19)18(12)8-10-6-4-3-5-7-10/h3-7,11-12H,8-9H2,1-2H3/t11-,12+/m1/s1. The van der Waals surface area contributed by atoms with Gasteiger partial charge in [0.05, 0.1) is 6.61 Å². The molecule has 2 aliphatic rings. The Labute approximate surface area is 121 Å². The van der Waals surface area contributed by atoms with Crippen molar-refractivity contribution in [1.29, 1.82) is 0 Å². The minimum Gasteiger partial charge on any atom is -0.348 e. The lowest BCUT2D eigenvalue weighted by molar-refractivity contribution is -0.229. The van der Waals surface area contributed by atoms with E-state index in [9.17, 15) is 13.6 Å². The highest BCUT2D eigenvalue weighted by molar-refractivity contribution is 5.91. The van der Waals surface area contributed by atoms with E-state index in [1.807, 2.05) is 18.2 Å². The van der Waals surface area contributed by atoms with Crippen LogP contribution in [-0.4, -0.2) is 41.3 Å². The summed E-state index contributed by atoms with van der Waals surface area (Å²) < 4.78 is 38.7. The maximum absolute atomic E-state index is 13.9. The quantitative estimate of drug-likeness (QED) is 0.803. The molecule has 2 atom stereocenters. The number of likely N-dealkylation sites (tertiary alicyclic amines) is 1. The average molecular weight is 297 g/mol. The molecule has 2 fully saturated rings. The van der Waals surface area contributed by atoms with Gasteiger partial charge < -0.3 is 14.4 Å². The topological polar surface area (TPSA) is 38.8 Å². The number of alkyl halides is 2. The molecule has 2 heterocycles. The number of hydrogen-bond donors (Lipinski definition) is 0. The Hall–Kier alpha value is -1.53. The summed E-state index contributed by atoms with van der Waals surface area (Å²) in [4.78, 5) is 12.9. The molecule has 21 heavy (non-hydrogen) atoms. The first-order chi connectivity index (χ1) is 9.81. The van der Waals surface area contributed by atoms with Gasteiger partial charge in [-0.2, -0.15) is 8.78 Å². The number of hydrogen-bond acceptors (Lipinski definition) is 3. The molecule has 1 amide bonds. The van der Waals surface area contributed by atoms with Crippen molar-refractivity contribution >= 4 is 5.91 Å². The fourth-order valence-corrected chi connectivity index (χ4v) is 2.83. The molecule has 0 N–H and O–H groups in total. The number of carbonyl (C=O) groups is 1. The highest BCUT2D eigenvalue weighted by atomic mass is 19.3. The fourth-order valence-electron chi connectivity index (χ4n) is 2.83. The predicted molar refractivity (Wildman–Crippen MR) is 70.6 cm³/mol. The van der Waals surface area contributed by atoms with Crippen LogP contribution >= 0.6 is 0 Å². The van der Waals surface area contributed by atoms with Crippen LogP contribution in [0.5, 0.6) is 0 Å². The van der Waals surface area contributed by atoms with Crippen molar-refractivity contribution < 1.29 is 23.0 Å². The molecule has 0 bridgehead atoms. The molecule has 2 saturated heterocycles. The predicted octanol–water partition coefficient (Wildman–Crippen LogP) is 2.18. The van der Waals surface area contributed by atoms with Crippen LogP contribution in [0.25, 0.3) is 0 Å². The zero-order valence-electron chi connectivity index (χ0n) is 11.9. The van der Waals surface area contributed by atoms with Crippen LogP contribution in [0.3, 0.4) is 0 Å². The van der Waals surface area contributed by atoms with Gasteiger partial charge in [0.1, 0.15) is 12.1 Å². The van der Waals surface area contributed by atoms with Gasteiger partial charge in [-0.15, -0.1) is 0 Å². The summed E-state index contributed by atoms with van der Waals surface area (Å²) >= 11 is 0. The first-order valence-corrected chi connectivity index (χ1v) is 6.86. The van der Waals surface area contributed by atoms with E-state index in [0.717, 1.165) is 5.56 Å². The number of ether oxygens (including phenoxy) is 2. The van der Waals surface area contributed by atoms with Crippen molar-refractivity contribution in [3.8, 4) is 0 Å². The zero-order chi connectivity index (χ0) is 15.3. The minimum absolute atomic E-state index is 0.0613. The summed E-state index contributed by atoms with van der Waals surface area (Å²) in [7, 11) is 0. The van der Waals surface area contributed by atoms with Gasteiger partial charge >= 0.3 is 5.92 Å². The Morgan fingerprint density at radius 2 is 1.95 bits per heavy atom. The number of nitrogens with zero attached hydrogens (tertiary/aromatic N) is 1. The monoisotopic (exact) mass is 297 g/mol. The normalized spacial score (nSPS) is 30.3. The molecule has 2 aliphatic heterocycles. The van der Waals surface area contributed by atoms with Crippen molar-refractivity contribution in [2.45, 2.75) is 44.2 Å². The van der Waals surface area contributed by atoms with Crippen LogP contribution in [0.2, 0.25) is 0 Å². The molecule has 0 aliphatic carbocycles. The van der Waals surface area contributed by atoms with Crippen LogP contribution < -0.4 is 0 Å². The third-order valence-corrected chi connectivity index (χ3v) is 3.83. The number of amides is 1.